The first-order chi connectivity index (χ1) is 17.4. The molecule has 2 saturated heterocycles. The van der Waals surface area contributed by atoms with E-state index in [1.807, 2.05) is 6.92 Å². The molecule has 1 aromatic heterocycles. The van der Waals surface area contributed by atoms with Crippen LogP contribution >= 0.6 is 0 Å². The van der Waals surface area contributed by atoms with Gasteiger partial charge >= 0.3 is 0 Å². The minimum atomic E-state index is -0.945. The summed E-state index contributed by atoms with van der Waals surface area (Å²) in [5.74, 6) is -1.34. The van der Waals surface area contributed by atoms with E-state index in [1.165, 1.54) is 6.07 Å². The van der Waals surface area contributed by atoms with Gasteiger partial charge in [0.25, 0.3) is 5.91 Å². The summed E-state index contributed by atoms with van der Waals surface area (Å²) in [4.78, 5) is 26.6. The second-order valence-electron chi connectivity index (χ2n) is 9.30. The van der Waals surface area contributed by atoms with Crippen LogP contribution in [0.5, 0.6) is 0 Å². The summed E-state index contributed by atoms with van der Waals surface area (Å²) in [6.45, 7) is 5.35. The van der Waals surface area contributed by atoms with Crippen molar-refractivity contribution in [1.29, 1.82) is 0 Å². The second-order valence-corrected chi connectivity index (χ2v) is 9.30. The number of ether oxygens (including phenoxy) is 1. The normalized spacial score (nSPS) is 19.4. The third-order valence-corrected chi connectivity index (χ3v) is 6.70. The van der Waals surface area contributed by atoms with Crippen molar-refractivity contribution in [3.63, 3.8) is 0 Å². The number of piperidine rings is 1. The van der Waals surface area contributed by atoms with Crippen LogP contribution in [0.4, 0.5) is 20.3 Å². The number of rotatable bonds is 5. The Bertz CT molecular complexity index is 1270. The van der Waals surface area contributed by atoms with Gasteiger partial charge in [-0.1, -0.05) is 0 Å². The molecule has 2 N–H and O–H groups in total. The van der Waals surface area contributed by atoms with Crippen molar-refractivity contribution in [2.24, 2.45) is 0 Å². The van der Waals surface area contributed by atoms with Crippen molar-refractivity contribution in [3.8, 4) is 0 Å². The lowest BCUT2D eigenvalue weighted by Gasteiger charge is -2.30. The molecule has 0 radical (unpaired) electrons. The summed E-state index contributed by atoms with van der Waals surface area (Å²) in [5, 5.41) is 13.3. The predicted octanol–water partition coefficient (Wildman–Crippen LogP) is 3.51. The van der Waals surface area contributed by atoms with Crippen LogP contribution < -0.4 is 10.2 Å². The molecule has 8 nitrogen and oxygen atoms in total. The number of carbonyl (C=O) groups excluding carboxylic acids is 1. The van der Waals surface area contributed by atoms with E-state index in [1.54, 1.807) is 23.2 Å². The topological polar surface area (TPSA) is 90.8 Å². The fourth-order valence-corrected chi connectivity index (χ4v) is 4.77. The zero-order valence-corrected chi connectivity index (χ0v) is 20.1. The van der Waals surface area contributed by atoms with E-state index in [4.69, 9.17) is 9.72 Å². The molecule has 0 bridgehead atoms. The Morgan fingerprint density at radius 2 is 1.97 bits per heavy atom. The van der Waals surface area contributed by atoms with Crippen LogP contribution in [0, 0.1) is 11.6 Å². The quantitative estimate of drug-likeness (QED) is 0.558. The molecule has 190 valence electrons. The Morgan fingerprint density at radius 3 is 2.72 bits per heavy atom. The van der Waals surface area contributed by atoms with E-state index in [-0.39, 0.29) is 12.5 Å². The number of morpholine rings is 1. The Morgan fingerprint density at radius 1 is 1.17 bits per heavy atom. The Kier molecular flexibility index (Phi) is 6.97. The van der Waals surface area contributed by atoms with Gasteiger partial charge in [0.15, 0.2) is 11.6 Å². The Hall–Kier alpha value is -3.37. The highest BCUT2D eigenvalue weighted by molar-refractivity contribution is 5.98. The molecular weight excluding hydrogens is 468 g/mol. The van der Waals surface area contributed by atoms with E-state index < -0.39 is 23.8 Å². The van der Waals surface area contributed by atoms with E-state index >= 15 is 0 Å². The number of likely N-dealkylation sites (tertiary alicyclic amines) is 1. The predicted molar refractivity (Wildman–Crippen MR) is 132 cm³/mol. The molecule has 2 aliphatic rings. The number of fused-ring (bicyclic) bond motifs is 1. The summed E-state index contributed by atoms with van der Waals surface area (Å²) in [6.07, 6.45) is 2.58. The fourth-order valence-electron chi connectivity index (χ4n) is 4.77. The Labute approximate surface area is 207 Å². The molecule has 0 aliphatic carbocycles. The van der Waals surface area contributed by atoms with Gasteiger partial charge in [-0.25, -0.2) is 13.8 Å². The number of nitrogens with zero attached hydrogens (tertiary/aromatic N) is 4. The molecule has 2 aliphatic heterocycles. The third kappa shape index (κ3) is 5.10. The summed E-state index contributed by atoms with van der Waals surface area (Å²) < 4.78 is 32.7. The monoisotopic (exact) mass is 497 g/mol. The minimum Gasteiger partial charge on any atom is -0.391 e. The van der Waals surface area contributed by atoms with Crippen molar-refractivity contribution in [2.45, 2.75) is 31.9 Å². The average Bonchev–Trinajstić information content (AvgIpc) is 2.90. The van der Waals surface area contributed by atoms with Crippen molar-refractivity contribution < 1.29 is 23.4 Å². The van der Waals surface area contributed by atoms with E-state index in [0.717, 1.165) is 18.6 Å². The summed E-state index contributed by atoms with van der Waals surface area (Å²) in [7, 11) is 0. The number of nitrogens with one attached hydrogen (secondary N) is 1. The third-order valence-electron chi connectivity index (χ3n) is 6.70. The molecule has 5 rings (SSSR count). The maximum Gasteiger partial charge on any atom is 0.254 e. The molecule has 3 heterocycles. The highest BCUT2D eigenvalue weighted by atomic mass is 19.2. The number of amides is 1. The van der Waals surface area contributed by atoms with Crippen molar-refractivity contribution in [3.05, 3.63) is 59.3 Å². The van der Waals surface area contributed by atoms with Crippen LogP contribution in [0.25, 0.3) is 11.0 Å². The molecule has 3 aromatic rings. The SMILES string of the molecule is CC(Nc1ccc(F)c(F)c1)c1cc(C(=O)N2CCC[C@H](O)C2)cc2ncc(N3CCOCC3)nc12. The largest absolute Gasteiger partial charge is 0.391 e. The standard InChI is InChI=1S/C26H29F2N5O3/c1-16(30-18-4-5-21(27)22(28)13-18)20-11-17(26(35)33-6-2-3-19(34)15-33)12-23-25(20)31-24(14-29-23)32-7-9-36-10-8-32/h4-5,11-14,16,19,30,34H,2-3,6-10,15H2,1H3/t16?,19-/m0/s1. The van der Waals surface area contributed by atoms with Gasteiger partial charge in [-0.15, -0.1) is 0 Å². The van der Waals surface area contributed by atoms with Crippen molar-refractivity contribution >= 4 is 28.4 Å². The first-order valence-electron chi connectivity index (χ1n) is 12.2. The van der Waals surface area contributed by atoms with Gasteiger partial charge in [-0.05, 0) is 44.0 Å². The van der Waals surface area contributed by atoms with Crippen LogP contribution in [0.15, 0.2) is 36.5 Å². The van der Waals surface area contributed by atoms with Gasteiger partial charge in [0.2, 0.25) is 0 Å². The number of benzene rings is 2. The first-order valence-corrected chi connectivity index (χ1v) is 12.2. The van der Waals surface area contributed by atoms with Crippen LogP contribution in [0.1, 0.15) is 41.7 Å². The maximum atomic E-state index is 13.8. The average molecular weight is 498 g/mol. The van der Waals surface area contributed by atoms with Crippen LogP contribution in [0.3, 0.4) is 0 Å². The zero-order chi connectivity index (χ0) is 25.2. The lowest BCUT2D eigenvalue weighted by Crippen LogP contribution is -2.42. The number of anilines is 2. The molecule has 2 fully saturated rings. The van der Waals surface area contributed by atoms with Crippen LogP contribution in [-0.2, 0) is 4.74 Å². The van der Waals surface area contributed by atoms with Crippen molar-refractivity contribution in [1.82, 2.24) is 14.9 Å². The lowest BCUT2D eigenvalue weighted by molar-refractivity contribution is 0.0474. The number of β-amino-alcohol motifs (C(OH)–C–C–N with tert-alkyl or cyclic N) is 1. The number of aliphatic hydroxyl groups is 1. The number of aliphatic hydroxyl groups excluding tert-OH is 1. The molecule has 0 saturated carbocycles. The zero-order valence-electron chi connectivity index (χ0n) is 20.1. The molecule has 10 heteroatoms. The van der Waals surface area contributed by atoms with Gasteiger partial charge in [-0.3, -0.25) is 9.78 Å². The molecule has 0 spiro atoms. The van der Waals surface area contributed by atoms with Gasteiger partial charge in [-0.2, -0.15) is 0 Å². The highest BCUT2D eigenvalue weighted by Gasteiger charge is 2.25. The van der Waals surface area contributed by atoms with Gasteiger partial charge in [0, 0.05) is 49.1 Å². The fraction of sp³-hybridized carbons (Fsp3) is 0.423. The number of halogens is 2. The van der Waals surface area contributed by atoms with Gasteiger partial charge in [0.05, 0.1) is 42.6 Å². The molecule has 2 aromatic carbocycles. The minimum absolute atomic E-state index is 0.184. The van der Waals surface area contributed by atoms with Gasteiger partial charge in [0.1, 0.15) is 5.82 Å². The van der Waals surface area contributed by atoms with E-state index in [2.05, 4.69) is 15.2 Å². The number of hydrogen-bond donors (Lipinski definition) is 2. The lowest BCUT2D eigenvalue weighted by atomic mass is 10.00. The van der Waals surface area contributed by atoms with Crippen molar-refractivity contribution in [2.75, 3.05) is 49.6 Å². The Balaban J connectivity index is 1.54. The summed E-state index contributed by atoms with van der Waals surface area (Å²) in [5.41, 5.74) is 2.74. The summed E-state index contributed by atoms with van der Waals surface area (Å²) in [6, 6.07) is 6.74. The van der Waals surface area contributed by atoms with E-state index in [9.17, 15) is 18.7 Å². The van der Waals surface area contributed by atoms with Crippen LogP contribution in [0.2, 0.25) is 0 Å². The second kappa shape index (κ2) is 10.3. The molecule has 1 amide bonds. The number of aromatic nitrogens is 2. The number of hydrogen-bond acceptors (Lipinski definition) is 7. The highest BCUT2D eigenvalue weighted by Crippen LogP contribution is 2.30. The maximum absolute atomic E-state index is 13.8. The van der Waals surface area contributed by atoms with Gasteiger partial charge < -0.3 is 25.0 Å². The summed E-state index contributed by atoms with van der Waals surface area (Å²) >= 11 is 0. The number of carbonyl (C=O) groups is 1. The first kappa shape index (κ1) is 24.3. The molecule has 1 unspecified atom stereocenters. The molecular formula is C26H29F2N5O3. The van der Waals surface area contributed by atoms with E-state index in [0.29, 0.717) is 72.9 Å². The molecule has 2 atom stereocenters. The smallest absolute Gasteiger partial charge is 0.254 e. The van der Waals surface area contributed by atoms with Crippen LogP contribution in [-0.4, -0.2) is 71.4 Å². The molecule has 36 heavy (non-hydrogen) atoms.